The Morgan fingerprint density at radius 2 is 2.32 bits per heavy atom. The molecule has 2 heterocycles. The fraction of sp³-hybridized carbons (Fsp3) is 0.750. The van der Waals surface area contributed by atoms with Gasteiger partial charge in [-0.3, -0.25) is 9.36 Å². The van der Waals surface area contributed by atoms with Gasteiger partial charge in [-0.15, -0.1) is 10.2 Å². The van der Waals surface area contributed by atoms with Crippen molar-refractivity contribution < 1.29 is 9.90 Å². The minimum atomic E-state index is -0.827. The predicted octanol–water partition coefficient (Wildman–Crippen LogP) is 1.85. The molecule has 0 aliphatic carbocycles. The van der Waals surface area contributed by atoms with E-state index in [1.807, 2.05) is 0 Å². The van der Waals surface area contributed by atoms with Gasteiger partial charge in [-0.05, 0) is 26.2 Å². The standard InChI is InChI=1S/C12H20N4O2S/c1-3-6-16-11(15-7-4-5-9(15)2)13-14-12(16)19-8-10(17)18/h9H,3-8H2,1-2H3,(H,17,18). The van der Waals surface area contributed by atoms with E-state index in [0.29, 0.717) is 11.2 Å². The number of rotatable bonds is 6. The lowest BCUT2D eigenvalue weighted by Gasteiger charge is -2.23. The van der Waals surface area contributed by atoms with E-state index in [-0.39, 0.29) is 5.75 Å². The molecule has 1 aliphatic rings. The third-order valence-corrected chi connectivity index (χ3v) is 4.23. The van der Waals surface area contributed by atoms with E-state index in [1.54, 1.807) is 0 Å². The van der Waals surface area contributed by atoms with Gasteiger partial charge in [-0.1, -0.05) is 18.7 Å². The highest BCUT2D eigenvalue weighted by molar-refractivity contribution is 7.99. The summed E-state index contributed by atoms with van der Waals surface area (Å²) < 4.78 is 2.05. The average Bonchev–Trinajstić information content (AvgIpc) is 2.94. The summed E-state index contributed by atoms with van der Waals surface area (Å²) in [5.41, 5.74) is 0. The van der Waals surface area contributed by atoms with E-state index in [9.17, 15) is 4.79 Å². The van der Waals surface area contributed by atoms with E-state index in [0.717, 1.165) is 25.5 Å². The molecule has 1 saturated heterocycles. The Hall–Kier alpha value is -1.24. The predicted molar refractivity (Wildman–Crippen MR) is 74.7 cm³/mol. The molecule has 19 heavy (non-hydrogen) atoms. The number of thioether (sulfide) groups is 1. The summed E-state index contributed by atoms with van der Waals surface area (Å²) in [4.78, 5) is 12.9. The lowest BCUT2D eigenvalue weighted by atomic mass is 10.2. The molecule has 1 atom stereocenters. The largest absolute Gasteiger partial charge is 0.481 e. The van der Waals surface area contributed by atoms with Crippen molar-refractivity contribution in [2.24, 2.45) is 0 Å². The van der Waals surface area contributed by atoms with E-state index in [2.05, 4.69) is 33.5 Å². The number of aliphatic carboxylic acids is 1. The highest BCUT2D eigenvalue weighted by atomic mass is 32.2. The molecular weight excluding hydrogens is 264 g/mol. The van der Waals surface area contributed by atoms with Gasteiger partial charge in [0.1, 0.15) is 0 Å². The summed E-state index contributed by atoms with van der Waals surface area (Å²) in [7, 11) is 0. The second-order valence-corrected chi connectivity index (χ2v) is 5.74. The molecule has 7 heteroatoms. The summed E-state index contributed by atoms with van der Waals surface area (Å²) in [5, 5.41) is 17.9. The van der Waals surface area contributed by atoms with Gasteiger partial charge in [0.15, 0.2) is 5.16 Å². The first kappa shape index (κ1) is 14.2. The molecule has 1 unspecified atom stereocenters. The summed E-state index contributed by atoms with van der Waals surface area (Å²) in [6.07, 6.45) is 3.34. The van der Waals surface area contributed by atoms with Gasteiger partial charge in [-0.2, -0.15) is 0 Å². The topological polar surface area (TPSA) is 71.2 Å². The number of carboxylic acids is 1. The molecule has 1 aromatic heterocycles. The van der Waals surface area contributed by atoms with Crippen LogP contribution in [-0.2, 0) is 11.3 Å². The van der Waals surface area contributed by atoms with E-state index in [1.165, 1.54) is 24.6 Å². The summed E-state index contributed by atoms with van der Waals surface area (Å²) in [6.45, 7) is 6.13. The number of hydrogen-bond acceptors (Lipinski definition) is 5. The fourth-order valence-electron chi connectivity index (χ4n) is 2.38. The third kappa shape index (κ3) is 3.20. The lowest BCUT2D eigenvalue weighted by Crippen LogP contribution is -2.29. The minimum absolute atomic E-state index is 0.0252. The van der Waals surface area contributed by atoms with Crippen LogP contribution < -0.4 is 4.90 Å². The average molecular weight is 284 g/mol. The SMILES string of the molecule is CCCn1c(SCC(=O)O)nnc1N1CCCC1C. The number of nitrogens with zero attached hydrogens (tertiary/aromatic N) is 4. The number of carbonyl (C=O) groups is 1. The van der Waals surface area contributed by atoms with Crippen molar-refractivity contribution >= 4 is 23.7 Å². The van der Waals surface area contributed by atoms with Gasteiger partial charge in [0.2, 0.25) is 5.95 Å². The Morgan fingerprint density at radius 1 is 1.53 bits per heavy atom. The summed E-state index contributed by atoms with van der Waals surface area (Å²) in [6, 6.07) is 0.483. The van der Waals surface area contributed by atoms with E-state index < -0.39 is 5.97 Å². The molecule has 0 aromatic carbocycles. The molecule has 1 aromatic rings. The van der Waals surface area contributed by atoms with Crippen LogP contribution in [0.1, 0.15) is 33.1 Å². The molecule has 0 bridgehead atoms. The van der Waals surface area contributed by atoms with Crippen LogP contribution in [-0.4, -0.2) is 44.2 Å². The number of hydrogen-bond donors (Lipinski definition) is 1. The molecule has 106 valence electrons. The van der Waals surface area contributed by atoms with Gasteiger partial charge in [0, 0.05) is 19.1 Å². The van der Waals surface area contributed by atoms with E-state index in [4.69, 9.17) is 5.11 Å². The Labute approximate surface area is 117 Å². The molecular formula is C12H20N4O2S. The Balaban J connectivity index is 2.20. The van der Waals surface area contributed by atoms with Crippen LogP contribution in [0.5, 0.6) is 0 Å². The fourth-order valence-corrected chi connectivity index (χ4v) is 3.06. The highest BCUT2D eigenvalue weighted by Gasteiger charge is 2.26. The number of anilines is 1. The zero-order valence-electron chi connectivity index (χ0n) is 11.4. The highest BCUT2D eigenvalue weighted by Crippen LogP contribution is 2.27. The van der Waals surface area contributed by atoms with Crippen LogP contribution in [0.3, 0.4) is 0 Å². The van der Waals surface area contributed by atoms with Crippen molar-refractivity contribution in [1.82, 2.24) is 14.8 Å². The van der Waals surface area contributed by atoms with Gasteiger partial charge >= 0.3 is 5.97 Å². The molecule has 0 saturated carbocycles. The Bertz CT molecular complexity index is 449. The van der Waals surface area contributed by atoms with Gasteiger partial charge in [-0.25, -0.2) is 0 Å². The second-order valence-electron chi connectivity index (χ2n) is 4.80. The summed E-state index contributed by atoms with van der Waals surface area (Å²) >= 11 is 1.24. The first-order chi connectivity index (χ1) is 9.13. The van der Waals surface area contributed by atoms with Crippen molar-refractivity contribution in [3.05, 3.63) is 0 Å². The maximum Gasteiger partial charge on any atom is 0.313 e. The smallest absolute Gasteiger partial charge is 0.313 e. The zero-order valence-corrected chi connectivity index (χ0v) is 12.2. The molecule has 0 amide bonds. The molecule has 0 spiro atoms. The molecule has 2 rings (SSSR count). The lowest BCUT2D eigenvalue weighted by molar-refractivity contribution is -0.133. The summed E-state index contributed by atoms with van der Waals surface area (Å²) in [5.74, 6) is 0.0871. The van der Waals surface area contributed by atoms with Crippen LogP contribution in [0.25, 0.3) is 0 Å². The first-order valence-electron chi connectivity index (χ1n) is 6.68. The van der Waals surface area contributed by atoms with Gasteiger partial charge < -0.3 is 10.0 Å². The van der Waals surface area contributed by atoms with Crippen LogP contribution in [0, 0.1) is 0 Å². The van der Waals surface area contributed by atoms with Crippen molar-refractivity contribution in [2.75, 3.05) is 17.2 Å². The number of carboxylic acid groups (broad SMARTS) is 1. The van der Waals surface area contributed by atoms with Crippen LogP contribution in [0.2, 0.25) is 0 Å². The molecule has 0 radical (unpaired) electrons. The first-order valence-corrected chi connectivity index (χ1v) is 7.66. The Kier molecular flexibility index (Phi) is 4.68. The van der Waals surface area contributed by atoms with E-state index >= 15 is 0 Å². The molecule has 1 N–H and O–H groups in total. The minimum Gasteiger partial charge on any atom is -0.481 e. The van der Waals surface area contributed by atoms with Crippen LogP contribution in [0.15, 0.2) is 5.16 Å². The van der Waals surface area contributed by atoms with Crippen molar-refractivity contribution in [2.45, 2.75) is 50.9 Å². The van der Waals surface area contributed by atoms with Crippen LogP contribution in [0.4, 0.5) is 5.95 Å². The Morgan fingerprint density at radius 3 is 2.89 bits per heavy atom. The molecule has 1 aliphatic heterocycles. The quantitative estimate of drug-likeness (QED) is 0.804. The molecule has 1 fully saturated rings. The second kappa shape index (κ2) is 6.27. The zero-order chi connectivity index (χ0) is 13.8. The molecule has 6 nitrogen and oxygen atoms in total. The van der Waals surface area contributed by atoms with Gasteiger partial charge in [0.25, 0.3) is 0 Å². The number of aromatic nitrogens is 3. The third-order valence-electron chi connectivity index (χ3n) is 3.28. The normalized spacial score (nSPS) is 19.1. The van der Waals surface area contributed by atoms with Crippen LogP contribution >= 0.6 is 11.8 Å². The van der Waals surface area contributed by atoms with Crippen molar-refractivity contribution in [3.63, 3.8) is 0 Å². The monoisotopic (exact) mass is 284 g/mol. The van der Waals surface area contributed by atoms with Crippen molar-refractivity contribution in [1.29, 1.82) is 0 Å². The van der Waals surface area contributed by atoms with Crippen molar-refractivity contribution in [3.8, 4) is 0 Å². The van der Waals surface area contributed by atoms with Gasteiger partial charge in [0.05, 0.1) is 5.75 Å². The maximum atomic E-state index is 10.7. The maximum absolute atomic E-state index is 10.7.